The van der Waals surface area contributed by atoms with Gasteiger partial charge in [-0.1, -0.05) is 0 Å². The first-order chi connectivity index (χ1) is 13.9. The molecule has 0 saturated heterocycles. The fraction of sp³-hybridized carbons (Fsp3) is 0. The van der Waals surface area contributed by atoms with Crippen LogP contribution in [0.3, 0.4) is 0 Å². The highest BCUT2D eigenvalue weighted by Gasteiger charge is 2.31. The minimum atomic E-state index is -0.628. The number of nitrogens with zero attached hydrogens (tertiary/aromatic N) is 3. The molecule has 0 radical (unpaired) electrons. The highest BCUT2D eigenvalue weighted by molar-refractivity contribution is 9.10. The summed E-state index contributed by atoms with van der Waals surface area (Å²) in [7, 11) is 0. The van der Waals surface area contributed by atoms with Crippen molar-refractivity contribution in [3.05, 3.63) is 68.7 Å². The van der Waals surface area contributed by atoms with E-state index in [0.29, 0.717) is 22.5 Å². The van der Waals surface area contributed by atoms with Crippen LogP contribution in [0.15, 0.2) is 52.0 Å². The quantitative estimate of drug-likeness (QED) is 0.399. The van der Waals surface area contributed by atoms with Crippen molar-refractivity contribution in [3.63, 3.8) is 0 Å². The zero-order valence-electron chi connectivity index (χ0n) is 14.6. The summed E-state index contributed by atoms with van der Waals surface area (Å²) in [5.41, 5.74) is 8.15. The Labute approximate surface area is 170 Å². The number of fused-ring (bicyclic) bond motifs is 2. The number of amides is 2. The Morgan fingerprint density at radius 2 is 1.86 bits per heavy atom. The Kier molecular flexibility index (Phi) is 3.65. The number of aromatic amines is 1. The summed E-state index contributed by atoms with van der Waals surface area (Å²) in [6.07, 6.45) is 3.36. The number of hydrogen-bond acceptors (Lipinski definition) is 6. The molecule has 5 rings (SSSR count). The molecular formula is C19H11BrN6O3. The molecular weight excluding hydrogens is 440 g/mol. The van der Waals surface area contributed by atoms with Crippen molar-refractivity contribution in [1.82, 2.24) is 24.8 Å². The van der Waals surface area contributed by atoms with Gasteiger partial charge < -0.3 is 10.7 Å². The number of anilines is 1. The Balaban J connectivity index is 1.67. The molecule has 2 amide bonds. The van der Waals surface area contributed by atoms with Crippen molar-refractivity contribution in [2.45, 2.75) is 0 Å². The summed E-state index contributed by atoms with van der Waals surface area (Å²) in [5, 5.41) is 2.15. The first-order valence-corrected chi connectivity index (χ1v) is 9.24. The zero-order chi connectivity index (χ0) is 20.3. The van der Waals surface area contributed by atoms with Gasteiger partial charge in [0.05, 0.1) is 27.8 Å². The van der Waals surface area contributed by atoms with Gasteiger partial charge in [-0.3, -0.25) is 29.3 Å². The Hall–Kier alpha value is -3.79. The molecule has 0 atom stereocenters. The van der Waals surface area contributed by atoms with Crippen LogP contribution in [0.2, 0.25) is 0 Å². The molecule has 1 aliphatic rings. The van der Waals surface area contributed by atoms with Crippen LogP contribution in [-0.2, 0) is 0 Å². The number of halogens is 1. The third kappa shape index (κ3) is 2.64. The number of carbonyl (C=O) groups excluding carboxylic acids is 2. The predicted molar refractivity (Wildman–Crippen MR) is 109 cm³/mol. The third-order valence-electron chi connectivity index (χ3n) is 4.66. The fourth-order valence-corrected chi connectivity index (χ4v) is 3.73. The van der Waals surface area contributed by atoms with E-state index in [1.165, 1.54) is 4.57 Å². The van der Waals surface area contributed by atoms with Gasteiger partial charge in [0, 0.05) is 28.5 Å². The van der Waals surface area contributed by atoms with Gasteiger partial charge in [0.2, 0.25) is 0 Å². The van der Waals surface area contributed by atoms with E-state index in [1.807, 2.05) is 6.07 Å². The van der Waals surface area contributed by atoms with E-state index in [9.17, 15) is 14.4 Å². The number of H-pyrrole nitrogens is 1. The molecule has 4 heterocycles. The highest BCUT2D eigenvalue weighted by Crippen LogP contribution is 2.26. The molecule has 0 bridgehead atoms. The molecule has 4 aromatic rings. The number of hydrogen-bond donors (Lipinski definition) is 3. The van der Waals surface area contributed by atoms with Crippen molar-refractivity contribution >= 4 is 44.6 Å². The van der Waals surface area contributed by atoms with Gasteiger partial charge in [-0.2, -0.15) is 0 Å². The number of aromatic nitrogens is 4. The third-order valence-corrected chi connectivity index (χ3v) is 5.09. The largest absolute Gasteiger partial charge is 0.384 e. The number of nitrogen functional groups attached to an aromatic ring is 1. The number of carbonyl (C=O) groups is 2. The first-order valence-electron chi connectivity index (χ1n) is 8.44. The lowest BCUT2D eigenvalue weighted by Crippen LogP contribution is -2.24. The molecule has 1 aromatic carbocycles. The number of nitrogens with two attached hydrogens (primary N) is 1. The predicted octanol–water partition coefficient (Wildman–Crippen LogP) is 2.00. The molecule has 4 N–H and O–H groups in total. The minimum Gasteiger partial charge on any atom is -0.384 e. The second kappa shape index (κ2) is 6.11. The van der Waals surface area contributed by atoms with E-state index in [-0.39, 0.29) is 16.9 Å². The number of imidazole rings is 1. The van der Waals surface area contributed by atoms with Crippen molar-refractivity contribution in [2.75, 3.05) is 5.73 Å². The second-order valence-corrected chi connectivity index (χ2v) is 7.37. The van der Waals surface area contributed by atoms with Crippen molar-refractivity contribution < 1.29 is 9.59 Å². The molecule has 3 aromatic heterocycles. The normalized spacial score (nSPS) is 13.0. The van der Waals surface area contributed by atoms with Gasteiger partial charge in [-0.15, -0.1) is 0 Å². The van der Waals surface area contributed by atoms with Crippen LogP contribution >= 0.6 is 15.9 Å². The Bertz CT molecular complexity index is 1420. The molecule has 0 spiro atoms. The molecule has 0 aliphatic carbocycles. The van der Waals surface area contributed by atoms with E-state index >= 15 is 0 Å². The lowest BCUT2D eigenvalue weighted by Gasteiger charge is -2.11. The van der Waals surface area contributed by atoms with Gasteiger partial charge >= 0.3 is 0 Å². The molecule has 0 fully saturated rings. The summed E-state index contributed by atoms with van der Waals surface area (Å²) < 4.78 is 2.01. The lowest BCUT2D eigenvalue weighted by molar-refractivity contribution is 0.0880. The number of rotatable bonds is 2. The zero-order valence-corrected chi connectivity index (χ0v) is 16.1. The number of imide groups is 1. The maximum atomic E-state index is 12.6. The lowest BCUT2D eigenvalue weighted by atomic mass is 10.1. The maximum Gasteiger partial charge on any atom is 0.262 e. The highest BCUT2D eigenvalue weighted by atomic mass is 79.9. The summed E-state index contributed by atoms with van der Waals surface area (Å²) in [5.74, 6) is -0.725. The van der Waals surface area contributed by atoms with Gasteiger partial charge in [-0.25, -0.2) is 4.98 Å². The van der Waals surface area contributed by atoms with Crippen molar-refractivity contribution in [2.24, 2.45) is 0 Å². The van der Waals surface area contributed by atoms with E-state index in [0.717, 1.165) is 16.1 Å². The molecule has 142 valence electrons. The second-order valence-electron chi connectivity index (χ2n) is 6.45. The fourth-order valence-electron chi connectivity index (χ4n) is 3.36. The molecule has 0 saturated carbocycles. The molecule has 10 heteroatoms. The van der Waals surface area contributed by atoms with Crippen LogP contribution in [0.1, 0.15) is 20.7 Å². The number of pyridine rings is 2. The van der Waals surface area contributed by atoms with E-state index in [2.05, 4.69) is 36.2 Å². The Morgan fingerprint density at radius 1 is 1.03 bits per heavy atom. The van der Waals surface area contributed by atoms with Gasteiger partial charge in [0.15, 0.2) is 0 Å². The monoisotopic (exact) mass is 450 g/mol. The van der Waals surface area contributed by atoms with Crippen LogP contribution < -0.4 is 16.6 Å². The number of nitrogens with one attached hydrogen (secondary N) is 2. The topological polar surface area (TPSA) is 136 Å². The van der Waals surface area contributed by atoms with Crippen LogP contribution in [0.5, 0.6) is 0 Å². The van der Waals surface area contributed by atoms with Crippen molar-refractivity contribution in [3.8, 4) is 17.1 Å². The average Bonchev–Trinajstić information content (AvgIpc) is 3.22. The standard InChI is InChI=1S/C19H11BrN6O3/c20-9-3-8(6-22-7-9)17-23-12-2-1-10(4-13(12)24-17)26-14(27)5-11-15(16(26)21)19(29)25-18(11)28/h1-7H,21H2,(H,23,24)(H,25,28,29). The van der Waals surface area contributed by atoms with E-state index in [1.54, 1.807) is 30.6 Å². The van der Waals surface area contributed by atoms with Crippen LogP contribution in [0.4, 0.5) is 5.82 Å². The van der Waals surface area contributed by atoms with E-state index < -0.39 is 17.4 Å². The summed E-state index contributed by atoms with van der Waals surface area (Å²) in [4.78, 5) is 48.3. The van der Waals surface area contributed by atoms with Gasteiger partial charge in [0.1, 0.15) is 11.6 Å². The summed E-state index contributed by atoms with van der Waals surface area (Å²) in [6, 6.07) is 8.10. The molecule has 0 unspecified atom stereocenters. The molecule has 1 aliphatic heterocycles. The van der Waals surface area contributed by atoms with E-state index in [4.69, 9.17) is 5.73 Å². The van der Waals surface area contributed by atoms with Crippen LogP contribution in [0.25, 0.3) is 28.1 Å². The average molecular weight is 451 g/mol. The molecule has 29 heavy (non-hydrogen) atoms. The van der Waals surface area contributed by atoms with Gasteiger partial charge in [0.25, 0.3) is 17.4 Å². The SMILES string of the molecule is Nc1c2c(cc(=O)n1-c1ccc3nc(-c4cncc(Br)c4)[nH]c3c1)C(=O)NC2=O. The Morgan fingerprint density at radius 3 is 2.66 bits per heavy atom. The summed E-state index contributed by atoms with van der Waals surface area (Å²) >= 11 is 3.38. The molecule has 9 nitrogen and oxygen atoms in total. The van der Waals surface area contributed by atoms with Crippen molar-refractivity contribution in [1.29, 1.82) is 0 Å². The van der Waals surface area contributed by atoms with Crippen LogP contribution in [-0.4, -0.2) is 31.3 Å². The smallest absolute Gasteiger partial charge is 0.262 e. The van der Waals surface area contributed by atoms with Gasteiger partial charge in [-0.05, 0) is 40.2 Å². The first kappa shape index (κ1) is 17.3. The number of benzene rings is 1. The van der Waals surface area contributed by atoms with Crippen LogP contribution in [0, 0.1) is 0 Å². The maximum absolute atomic E-state index is 12.6. The minimum absolute atomic E-state index is 0.000192. The summed E-state index contributed by atoms with van der Waals surface area (Å²) in [6.45, 7) is 0.